The summed E-state index contributed by atoms with van der Waals surface area (Å²) in [5.41, 5.74) is -0.600. The van der Waals surface area contributed by atoms with E-state index in [4.69, 9.17) is 11.6 Å². The van der Waals surface area contributed by atoms with E-state index in [9.17, 15) is 9.90 Å². The number of hydrogen-bond donors (Lipinski definition) is 1. The summed E-state index contributed by atoms with van der Waals surface area (Å²) >= 11 is 7.08. The van der Waals surface area contributed by atoms with Crippen molar-refractivity contribution < 1.29 is 9.90 Å². The summed E-state index contributed by atoms with van der Waals surface area (Å²) in [5.74, 6) is 0.408. The maximum Gasteiger partial charge on any atom is 0.264 e. The van der Waals surface area contributed by atoms with Crippen LogP contribution in [0.1, 0.15) is 22.5 Å². The summed E-state index contributed by atoms with van der Waals surface area (Å²) in [7, 11) is 0. The van der Waals surface area contributed by atoms with Gasteiger partial charge in [-0.25, -0.2) is 0 Å². The van der Waals surface area contributed by atoms with Gasteiger partial charge in [-0.3, -0.25) is 4.79 Å². The lowest BCUT2D eigenvalue weighted by molar-refractivity contribution is -0.0956. The highest BCUT2D eigenvalue weighted by Gasteiger charge is 2.53. The number of likely N-dealkylation sites (tertiary alicyclic amines) is 1. The molecule has 0 radical (unpaired) electrons. The highest BCUT2D eigenvalue weighted by molar-refractivity contribution is 7.17. The summed E-state index contributed by atoms with van der Waals surface area (Å²) in [6.45, 7) is 0.956. The summed E-state index contributed by atoms with van der Waals surface area (Å²) in [6.07, 6.45) is 2.20. The van der Waals surface area contributed by atoms with E-state index in [1.165, 1.54) is 11.3 Å². The number of halogens is 1. The third-order valence-electron chi connectivity index (χ3n) is 3.34. The van der Waals surface area contributed by atoms with Crippen molar-refractivity contribution in [2.24, 2.45) is 5.92 Å². The van der Waals surface area contributed by atoms with E-state index in [-0.39, 0.29) is 5.91 Å². The molecule has 1 N–H and O–H groups in total. The number of carbonyl (C=O) groups excluding carboxylic acids is 1. The molecule has 1 aromatic rings. The number of amides is 1. The fourth-order valence-corrected chi connectivity index (χ4v) is 3.23. The quantitative estimate of drug-likeness (QED) is 0.880. The van der Waals surface area contributed by atoms with E-state index in [1.54, 1.807) is 17.0 Å². The van der Waals surface area contributed by atoms with Gasteiger partial charge in [0.15, 0.2) is 0 Å². The first-order chi connectivity index (χ1) is 7.58. The molecule has 0 unspecified atom stereocenters. The van der Waals surface area contributed by atoms with E-state index in [0.717, 1.165) is 12.8 Å². The molecule has 16 heavy (non-hydrogen) atoms. The van der Waals surface area contributed by atoms with Gasteiger partial charge in [0.2, 0.25) is 0 Å². The number of aliphatic hydroxyl groups is 1. The topological polar surface area (TPSA) is 40.5 Å². The van der Waals surface area contributed by atoms with Gasteiger partial charge in [0.1, 0.15) is 5.60 Å². The summed E-state index contributed by atoms with van der Waals surface area (Å²) < 4.78 is 0.626. The van der Waals surface area contributed by atoms with Crippen LogP contribution in [0.3, 0.4) is 0 Å². The zero-order chi connectivity index (χ0) is 11.3. The first-order valence-electron chi connectivity index (χ1n) is 5.35. The van der Waals surface area contributed by atoms with Crippen LogP contribution in [0.5, 0.6) is 0 Å². The highest BCUT2D eigenvalue weighted by atomic mass is 35.5. The molecular weight excluding hydrogens is 246 g/mol. The molecule has 1 amide bonds. The smallest absolute Gasteiger partial charge is 0.264 e. The van der Waals surface area contributed by atoms with Crippen molar-refractivity contribution >= 4 is 28.8 Å². The maximum atomic E-state index is 11.9. The number of β-amino-alcohol motifs (C(OH)–C–C–N with tert-alkyl or cyclic N) is 1. The lowest BCUT2D eigenvalue weighted by atomic mass is 9.88. The molecule has 2 heterocycles. The van der Waals surface area contributed by atoms with Crippen LogP contribution in [0.4, 0.5) is 0 Å². The van der Waals surface area contributed by atoms with Crippen molar-refractivity contribution in [1.29, 1.82) is 0 Å². The Hall–Kier alpha value is -0.580. The molecule has 2 fully saturated rings. The zero-order valence-corrected chi connectivity index (χ0v) is 10.2. The van der Waals surface area contributed by atoms with E-state index >= 15 is 0 Å². The van der Waals surface area contributed by atoms with Crippen LogP contribution in [0.15, 0.2) is 12.1 Å². The Morgan fingerprint density at radius 1 is 1.50 bits per heavy atom. The largest absolute Gasteiger partial charge is 0.386 e. The SMILES string of the molecule is O=C(c1ccc(Cl)s1)N1CC(O)(C2CC2)C1. The molecule has 1 aromatic heterocycles. The summed E-state index contributed by atoms with van der Waals surface area (Å²) in [5, 5.41) is 10.1. The van der Waals surface area contributed by atoms with Gasteiger partial charge < -0.3 is 10.0 Å². The lowest BCUT2D eigenvalue weighted by Gasteiger charge is -2.46. The number of rotatable bonds is 2. The minimum atomic E-state index is -0.600. The molecule has 1 aliphatic carbocycles. The summed E-state index contributed by atoms with van der Waals surface area (Å²) in [6, 6.07) is 3.47. The lowest BCUT2D eigenvalue weighted by Crippen LogP contribution is -2.64. The molecule has 3 rings (SSSR count). The average molecular weight is 258 g/mol. The molecule has 0 aromatic carbocycles. The van der Waals surface area contributed by atoms with Crippen LogP contribution in [-0.4, -0.2) is 34.6 Å². The van der Waals surface area contributed by atoms with Crippen molar-refractivity contribution in [3.05, 3.63) is 21.3 Å². The number of hydrogen-bond acceptors (Lipinski definition) is 3. The molecule has 1 saturated carbocycles. The normalized spacial score (nSPS) is 23.0. The molecule has 1 saturated heterocycles. The molecule has 1 aliphatic heterocycles. The van der Waals surface area contributed by atoms with Crippen LogP contribution < -0.4 is 0 Å². The summed E-state index contributed by atoms with van der Waals surface area (Å²) in [4.78, 5) is 14.3. The van der Waals surface area contributed by atoms with E-state index in [2.05, 4.69) is 0 Å². The molecular formula is C11H12ClNO2S. The third kappa shape index (κ3) is 1.65. The Morgan fingerprint density at radius 3 is 2.69 bits per heavy atom. The predicted octanol–water partition coefficient (Wildman–Crippen LogP) is 2.00. The van der Waals surface area contributed by atoms with Crippen molar-refractivity contribution in [3.63, 3.8) is 0 Å². The number of nitrogens with zero attached hydrogens (tertiary/aromatic N) is 1. The Labute approximate surface area is 103 Å². The van der Waals surface area contributed by atoms with E-state index < -0.39 is 5.60 Å². The Balaban J connectivity index is 1.66. The van der Waals surface area contributed by atoms with E-state index in [0.29, 0.717) is 28.2 Å². The molecule has 3 nitrogen and oxygen atoms in total. The van der Waals surface area contributed by atoms with Crippen molar-refractivity contribution in [1.82, 2.24) is 4.90 Å². The second-order valence-corrected chi connectivity index (χ2v) is 6.36. The first-order valence-corrected chi connectivity index (χ1v) is 6.55. The van der Waals surface area contributed by atoms with Crippen molar-refractivity contribution in [2.75, 3.05) is 13.1 Å². The van der Waals surface area contributed by atoms with Crippen LogP contribution in [-0.2, 0) is 0 Å². The third-order valence-corrected chi connectivity index (χ3v) is 4.56. The van der Waals surface area contributed by atoms with Gasteiger partial charge in [0.05, 0.1) is 22.3 Å². The Bertz CT molecular complexity index is 435. The Morgan fingerprint density at radius 2 is 2.19 bits per heavy atom. The van der Waals surface area contributed by atoms with Crippen LogP contribution in [0.25, 0.3) is 0 Å². The zero-order valence-electron chi connectivity index (χ0n) is 8.65. The molecule has 5 heteroatoms. The molecule has 2 aliphatic rings. The van der Waals surface area contributed by atoms with Gasteiger partial charge in [-0.1, -0.05) is 11.6 Å². The van der Waals surface area contributed by atoms with Gasteiger partial charge in [-0.2, -0.15) is 0 Å². The molecule has 86 valence electrons. The van der Waals surface area contributed by atoms with Crippen LogP contribution in [0, 0.1) is 5.92 Å². The predicted molar refractivity (Wildman–Crippen MR) is 62.9 cm³/mol. The van der Waals surface area contributed by atoms with Crippen LogP contribution in [0.2, 0.25) is 4.34 Å². The minimum Gasteiger partial charge on any atom is -0.386 e. The van der Waals surface area contributed by atoms with Gasteiger partial charge in [0, 0.05) is 0 Å². The van der Waals surface area contributed by atoms with Crippen molar-refractivity contribution in [2.45, 2.75) is 18.4 Å². The second kappa shape index (κ2) is 3.45. The van der Waals surface area contributed by atoms with E-state index in [1.807, 2.05) is 0 Å². The molecule has 0 spiro atoms. The van der Waals surface area contributed by atoms with Crippen molar-refractivity contribution in [3.8, 4) is 0 Å². The van der Waals surface area contributed by atoms with Gasteiger partial charge in [-0.15, -0.1) is 11.3 Å². The number of carbonyl (C=O) groups is 1. The van der Waals surface area contributed by atoms with Gasteiger partial charge >= 0.3 is 0 Å². The highest BCUT2D eigenvalue weighted by Crippen LogP contribution is 2.45. The monoisotopic (exact) mass is 257 g/mol. The number of thiophene rings is 1. The molecule has 0 bridgehead atoms. The Kier molecular flexibility index (Phi) is 2.28. The fraction of sp³-hybridized carbons (Fsp3) is 0.545. The molecule has 0 atom stereocenters. The van der Waals surface area contributed by atoms with Gasteiger partial charge in [-0.05, 0) is 30.9 Å². The van der Waals surface area contributed by atoms with Crippen LogP contribution >= 0.6 is 22.9 Å². The maximum absolute atomic E-state index is 11.9. The second-order valence-electron chi connectivity index (χ2n) is 4.64. The average Bonchev–Trinajstić information content (AvgIpc) is 2.96. The first kappa shape index (κ1) is 10.6. The standard InChI is InChI=1S/C11H12ClNO2S/c12-9-4-3-8(16-9)10(14)13-5-11(15,6-13)7-1-2-7/h3-4,7,15H,1-2,5-6H2. The van der Waals surface area contributed by atoms with Gasteiger partial charge in [0.25, 0.3) is 5.91 Å². The minimum absolute atomic E-state index is 0.0118. The fourth-order valence-electron chi connectivity index (χ4n) is 2.22.